The SMILES string of the molecule is CC(C)NC(=O)[C@@H]1[C@@H](C(=O)[O-])[C@@H]2C=C[C@H]1O2. The molecule has 2 aliphatic rings. The Hall–Kier alpha value is -1.36. The predicted octanol–water partition coefficient (Wildman–Crippen LogP) is -1.17. The summed E-state index contributed by atoms with van der Waals surface area (Å²) < 4.78 is 5.37. The molecular weight excluding hydrogens is 210 g/mol. The van der Waals surface area contributed by atoms with E-state index in [4.69, 9.17) is 4.74 Å². The van der Waals surface area contributed by atoms with Crippen LogP contribution in [0, 0.1) is 11.8 Å². The summed E-state index contributed by atoms with van der Waals surface area (Å²) >= 11 is 0. The molecular formula is C11H14NO4-. The summed E-state index contributed by atoms with van der Waals surface area (Å²) in [5, 5.41) is 13.7. The molecule has 2 heterocycles. The second-order valence-corrected chi connectivity index (χ2v) is 4.48. The van der Waals surface area contributed by atoms with E-state index in [0.717, 1.165) is 0 Å². The molecule has 2 rings (SSSR count). The number of carboxylic acid groups (broad SMARTS) is 1. The maximum atomic E-state index is 11.8. The molecule has 1 amide bonds. The molecule has 2 bridgehead atoms. The molecule has 2 aliphatic heterocycles. The normalized spacial score (nSPS) is 35.7. The van der Waals surface area contributed by atoms with E-state index in [1.165, 1.54) is 0 Å². The van der Waals surface area contributed by atoms with E-state index in [1.54, 1.807) is 12.2 Å². The standard InChI is InChI=1S/C11H15NO4/c1-5(2)12-10(13)8-6-3-4-7(16-6)9(8)11(14)15/h3-9H,1-2H3,(H,12,13)(H,14,15)/p-1/t6-,7+,8+,9+/m1/s1. The molecule has 4 atom stereocenters. The highest BCUT2D eigenvalue weighted by molar-refractivity contribution is 5.86. The van der Waals surface area contributed by atoms with E-state index in [-0.39, 0.29) is 11.9 Å². The van der Waals surface area contributed by atoms with Crippen molar-refractivity contribution in [3.05, 3.63) is 12.2 Å². The Morgan fingerprint density at radius 1 is 1.25 bits per heavy atom. The van der Waals surface area contributed by atoms with Gasteiger partial charge in [0.2, 0.25) is 5.91 Å². The van der Waals surface area contributed by atoms with Gasteiger partial charge in [-0.25, -0.2) is 0 Å². The van der Waals surface area contributed by atoms with Crippen molar-refractivity contribution in [2.24, 2.45) is 11.8 Å². The Kier molecular flexibility index (Phi) is 2.71. The predicted molar refractivity (Wildman–Crippen MR) is 53.1 cm³/mol. The lowest BCUT2D eigenvalue weighted by Gasteiger charge is -2.25. The van der Waals surface area contributed by atoms with Gasteiger partial charge in [0.05, 0.1) is 18.1 Å². The fraction of sp³-hybridized carbons (Fsp3) is 0.636. The molecule has 0 unspecified atom stereocenters. The van der Waals surface area contributed by atoms with Gasteiger partial charge in [0.1, 0.15) is 0 Å². The van der Waals surface area contributed by atoms with Gasteiger partial charge in [-0.1, -0.05) is 12.2 Å². The van der Waals surface area contributed by atoms with Crippen LogP contribution in [0.5, 0.6) is 0 Å². The maximum absolute atomic E-state index is 11.8. The zero-order valence-corrected chi connectivity index (χ0v) is 9.17. The van der Waals surface area contributed by atoms with Crippen LogP contribution in [0.3, 0.4) is 0 Å². The largest absolute Gasteiger partial charge is 0.550 e. The smallest absolute Gasteiger partial charge is 0.227 e. The summed E-state index contributed by atoms with van der Waals surface area (Å²) in [4.78, 5) is 22.8. The quantitative estimate of drug-likeness (QED) is 0.613. The van der Waals surface area contributed by atoms with Gasteiger partial charge in [0, 0.05) is 17.9 Å². The van der Waals surface area contributed by atoms with Crippen molar-refractivity contribution in [2.45, 2.75) is 32.1 Å². The highest BCUT2D eigenvalue weighted by Gasteiger charge is 2.50. The molecule has 0 saturated carbocycles. The first kappa shape index (κ1) is 11.1. The molecule has 1 fully saturated rings. The summed E-state index contributed by atoms with van der Waals surface area (Å²) in [6.45, 7) is 3.66. The molecule has 0 radical (unpaired) electrons. The molecule has 0 aromatic carbocycles. The van der Waals surface area contributed by atoms with Gasteiger partial charge < -0.3 is 20.0 Å². The van der Waals surface area contributed by atoms with Crippen LogP contribution in [0.4, 0.5) is 0 Å². The second kappa shape index (κ2) is 3.90. The zero-order chi connectivity index (χ0) is 11.9. The van der Waals surface area contributed by atoms with Crippen LogP contribution in [-0.4, -0.2) is 30.1 Å². The minimum Gasteiger partial charge on any atom is -0.550 e. The van der Waals surface area contributed by atoms with Gasteiger partial charge in [0.15, 0.2) is 0 Å². The van der Waals surface area contributed by atoms with E-state index in [2.05, 4.69) is 5.32 Å². The second-order valence-electron chi connectivity index (χ2n) is 4.48. The number of rotatable bonds is 3. The van der Waals surface area contributed by atoms with Crippen LogP contribution >= 0.6 is 0 Å². The highest BCUT2D eigenvalue weighted by atomic mass is 16.5. The number of ether oxygens (including phenoxy) is 1. The lowest BCUT2D eigenvalue weighted by atomic mass is 9.82. The van der Waals surface area contributed by atoms with E-state index >= 15 is 0 Å². The molecule has 5 heteroatoms. The Balaban J connectivity index is 2.16. The van der Waals surface area contributed by atoms with Crippen LogP contribution in [-0.2, 0) is 14.3 Å². The van der Waals surface area contributed by atoms with E-state index in [1.807, 2.05) is 13.8 Å². The summed E-state index contributed by atoms with van der Waals surface area (Å²) in [7, 11) is 0. The number of aliphatic carboxylic acids is 1. The fourth-order valence-electron chi connectivity index (χ4n) is 2.28. The van der Waals surface area contributed by atoms with Crippen molar-refractivity contribution in [3.8, 4) is 0 Å². The van der Waals surface area contributed by atoms with Gasteiger partial charge in [-0.2, -0.15) is 0 Å². The van der Waals surface area contributed by atoms with Crippen LogP contribution in [0.2, 0.25) is 0 Å². The number of carboxylic acids is 1. The Labute approximate surface area is 93.5 Å². The number of carbonyl (C=O) groups is 2. The van der Waals surface area contributed by atoms with Crippen LogP contribution in [0.1, 0.15) is 13.8 Å². The molecule has 88 valence electrons. The topological polar surface area (TPSA) is 78.5 Å². The van der Waals surface area contributed by atoms with Crippen molar-refractivity contribution in [1.29, 1.82) is 0 Å². The van der Waals surface area contributed by atoms with E-state index in [9.17, 15) is 14.7 Å². The van der Waals surface area contributed by atoms with Crippen molar-refractivity contribution in [2.75, 3.05) is 0 Å². The van der Waals surface area contributed by atoms with Crippen LogP contribution in [0.25, 0.3) is 0 Å². The average molecular weight is 224 g/mol. The average Bonchev–Trinajstić information content (AvgIpc) is 2.74. The summed E-state index contributed by atoms with van der Waals surface area (Å²) in [5.41, 5.74) is 0. The summed E-state index contributed by atoms with van der Waals surface area (Å²) in [6.07, 6.45) is 2.49. The third-order valence-corrected chi connectivity index (χ3v) is 2.91. The minimum absolute atomic E-state index is 0.0157. The van der Waals surface area contributed by atoms with Crippen LogP contribution < -0.4 is 10.4 Å². The number of hydrogen-bond acceptors (Lipinski definition) is 4. The van der Waals surface area contributed by atoms with Gasteiger partial charge in [0.25, 0.3) is 0 Å². The van der Waals surface area contributed by atoms with Gasteiger partial charge >= 0.3 is 0 Å². The van der Waals surface area contributed by atoms with Crippen molar-refractivity contribution >= 4 is 11.9 Å². The first-order valence-electron chi connectivity index (χ1n) is 5.35. The number of carbonyl (C=O) groups excluding carboxylic acids is 2. The molecule has 0 aromatic rings. The van der Waals surface area contributed by atoms with Gasteiger partial charge in [-0.15, -0.1) is 0 Å². The van der Waals surface area contributed by atoms with Crippen LogP contribution in [0.15, 0.2) is 12.2 Å². The first-order chi connectivity index (χ1) is 7.50. The number of hydrogen-bond donors (Lipinski definition) is 1. The van der Waals surface area contributed by atoms with E-state index in [0.29, 0.717) is 0 Å². The number of nitrogens with one attached hydrogen (secondary N) is 1. The maximum Gasteiger partial charge on any atom is 0.227 e. The first-order valence-corrected chi connectivity index (χ1v) is 5.35. The summed E-state index contributed by atoms with van der Waals surface area (Å²) in [6, 6.07) is -0.0157. The third kappa shape index (κ3) is 1.71. The number of fused-ring (bicyclic) bond motifs is 2. The lowest BCUT2D eigenvalue weighted by molar-refractivity contribution is -0.313. The fourth-order valence-corrected chi connectivity index (χ4v) is 2.28. The number of amides is 1. The van der Waals surface area contributed by atoms with Gasteiger partial charge in [-0.05, 0) is 13.8 Å². The molecule has 1 saturated heterocycles. The molecule has 0 spiro atoms. The van der Waals surface area contributed by atoms with Crippen molar-refractivity contribution < 1.29 is 19.4 Å². The monoisotopic (exact) mass is 224 g/mol. The Morgan fingerprint density at radius 3 is 2.31 bits per heavy atom. The van der Waals surface area contributed by atoms with E-state index < -0.39 is 30.0 Å². The van der Waals surface area contributed by atoms with Crippen molar-refractivity contribution in [1.82, 2.24) is 5.32 Å². The highest BCUT2D eigenvalue weighted by Crippen LogP contribution is 2.38. The lowest BCUT2D eigenvalue weighted by Crippen LogP contribution is -2.48. The molecule has 16 heavy (non-hydrogen) atoms. The Bertz CT molecular complexity index is 350. The van der Waals surface area contributed by atoms with Crippen molar-refractivity contribution in [3.63, 3.8) is 0 Å². The molecule has 1 N–H and O–H groups in total. The Morgan fingerprint density at radius 2 is 1.81 bits per heavy atom. The third-order valence-electron chi connectivity index (χ3n) is 2.91. The molecule has 0 aromatic heterocycles. The van der Waals surface area contributed by atoms with Gasteiger partial charge in [-0.3, -0.25) is 4.79 Å². The minimum atomic E-state index is -1.22. The summed E-state index contributed by atoms with van der Waals surface area (Å²) in [5.74, 6) is -3.03. The molecule has 0 aliphatic carbocycles. The molecule has 5 nitrogen and oxygen atoms in total. The zero-order valence-electron chi connectivity index (χ0n) is 9.17.